The number of rotatable bonds is 15. The Balaban J connectivity index is 2.75. The Morgan fingerprint density at radius 1 is 0.944 bits per heavy atom. The van der Waals surface area contributed by atoms with Gasteiger partial charge in [-0.3, -0.25) is 38.9 Å². The number of nitrogens with one attached hydrogen (secondary N) is 3. The number of hydrogen-bond donors (Lipinski definition) is 6. The average Bonchev–Trinajstić information content (AvgIpc) is 2.81. The van der Waals surface area contributed by atoms with Gasteiger partial charge in [-0.1, -0.05) is 12.1 Å². The smallest absolute Gasteiger partial charge is 0.303 e. The molecule has 4 amide bonds. The number of primary amides is 1. The van der Waals surface area contributed by atoms with E-state index in [0.717, 1.165) is 6.20 Å². The lowest BCUT2D eigenvalue weighted by Crippen LogP contribution is -2.54. The lowest BCUT2D eigenvalue weighted by molar-refractivity contribution is -0.400. The van der Waals surface area contributed by atoms with Crippen LogP contribution in [0.3, 0.4) is 0 Å². The van der Waals surface area contributed by atoms with Crippen LogP contribution < -0.4 is 21.7 Å². The number of aliphatic carboxylic acids is 2. The Bertz CT molecular complexity index is 1040. The monoisotopic (exact) mass is 507 g/mol. The first kappa shape index (κ1) is 29.2. The minimum absolute atomic E-state index is 0.143. The van der Waals surface area contributed by atoms with Crippen LogP contribution in [0.5, 0.6) is 0 Å². The van der Waals surface area contributed by atoms with Crippen LogP contribution in [0.2, 0.25) is 0 Å². The summed E-state index contributed by atoms with van der Waals surface area (Å²) in [6.45, 7) is -0.586. The zero-order valence-electron chi connectivity index (χ0n) is 18.8. The molecule has 0 aliphatic carbocycles. The molecule has 0 radical (unpaired) electrons. The van der Waals surface area contributed by atoms with E-state index in [1.807, 2.05) is 0 Å². The maximum Gasteiger partial charge on any atom is 0.303 e. The van der Waals surface area contributed by atoms with E-state index in [1.165, 1.54) is 30.3 Å². The standard InChI is InChI=1S/C21H25N5O10/c22-19(32)14(5-7-17(28)29)25-21(34)15(6-8-18(30)31)24-16(27)11-23-20(33)13-3-1-12(2-4-13)9-10-26(35)36/h1-4,9-10,14-15H,5-8,11H2,(H2,22,32)(H,23,33)(H,24,27)(H,25,34)(H,28,29)(H,30,31)/b10-9+/t14-,15-/m0/s1. The Hall–Kier alpha value is -4.82. The molecule has 0 aliphatic rings. The minimum atomic E-state index is -1.41. The van der Waals surface area contributed by atoms with Crippen LogP contribution in [0.4, 0.5) is 0 Å². The third-order valence-electron chi connectivity index (χ3n) is 4.58. The second-order valence-electron chi connectivity index (χ2n) is 7.35. The normalized spacial score (nSPS) is 12.2. The number of carbonyl (C=O) groups excluding carboxylic acids is 4. The zero-order chi connectivity index (χ0) is 27.3. The molecule has 0 aliphatic heterocycles. The number of amides is 4. The molecule has 15 heteroatoms. The first-order valence-corrected chi connectivity index (χ1v) is 10.4. The molecule has 0 fully saturated rings. The lowest BCUT2D eigenvalue weighted by atomic mass is 10.1. The summed E-state index contributed by atoms with van der Waals surface area (Å²) in [6, 6.07) is 2.86. The summed E-state index contributed by atoms with van der Waals surface area (Å²) in [6.07, 6.45) is 0.296. The van der Waals surface area contributed by atoms with E-state index in [2.05, 4.69) is 16.0 Å². The number of carbonyl (C=O) groups is 6. The van der Waals surface area contributed by atoms with Gasteiger partial charge in [0.2, 0.25) is 23.9 Å². The lowest BCUT2D eigenvalue weighted by Gasteiger charge is -2.21. The van der Waals surface area contributed by atoms with E-state index in [0.29, 0.717) is 5.56 Å². The number of carboxylic acids is 2. The van der Waals surface area contributed by atoms with Crippen LogP contribution in [0.25, 0.3) is 6.08 Å². The number of nitrogens with zero attached hydrogens (tertiary/aromatic N) is 1. The molecule has 1 aromatic carbocycles. The van der Waals surface area contributed by atoms with Crippen LogP contribution in [0.1, 0.15) is 41.6 Å². The second kappa shape index (κ2) is 14.4. The summed E-state index contributed by atoms with van der Waals surface area (Å²) in [5, 5.41) is 34.7. The molecule has 0 saturated heterocycles. The maximum absolute atomic E-state index is 12.5. The van der Waals surface area contributed by atoms with E-state index in [4.69, 9.17) is 15.9 Å². The van der Waals surface area contributed by atoms with Gasteiger partial charge in [0.1, 0.15) is 12.1 Å². The second-order valence-corrected chi connectivity index (χ2v) is 7.35. The van der Waals surface area contributed by atoms with E-state index in [-0.39, 0.29) is 18.4 Å². The van der Waals surface area contributed by atoms with Gasteiger partial charge >= 0.3 is 11.9 Å². The van der Waals surface area contributed by atoms with Gasteiger partial charge in [0.15, 0.2) is 0 Å². The largest absolute Gasteiger partial charge is 0.481 e. The summed E-state index contributed by atoms with van der Waals surface area (Å²) in [5.41, 5.74) is 5.77. The fourth-order valence-electron chi connectivity index (χ4n) is 2.76. The van der Waals surface area contributed by atoms with Gasteiger partial charge in [-0.25, -0.2) is 0 Å². The van der Waals surface area contributed by atoms with Crippen molar-refractivity contribution >= 4 is 41.6 Å². The third kappa shape index (κ3) is 11.4. The van der Waals surface area contributed by atoms with Crippen LogP contribution in [0, 0.1) is 10.1 Å². The van der Waals surface area contributed by atoms with E-state index in [1.54, 1.807) is 0 Å². The highest BCUT2D eigenvalue weighted by molar-refractivity contribution is 5.97. The molecule has 15 nitrogen and oxygen atoms in total. The van der Waals surface area contributed by atoms with Gasteiger partial charge in [-0.15, -0.1) is 0 Å². The van der Waals surface area contributed by atoms with E-state index >= 15 is 0 Å². The molecule has 7 N–H and O–H groups in total. The molecular weight excluding hydrogens is 482 g/mol. The predicted octanol–water partition coefficient (Wildman–Crippen LogP) is -1.15. The van der Waals surface area contributed by atoms with E-state index < -0.39 is 72.0 Å². The average molecular weight is 507 g/mol. The highest BCUT2D eigenvalue weighted by atomic mass is 16.6. The molecule has 0 heterocycles. The van der Waals surface area contributed by atoms with Crippen molar-refractivity contribution in [1.82, 2.24) is 16.0 Å². The topological polar surface area (TPSA) is 248 Å². The van der Waals surface area contributed by atoms with Crippen LogP contribution in [0.15, 0.2) is 30.5 Å². The van der Waals surface area contributed by atoms with Gasteiger partial charge in [-0.2, -0.15) is 0 Å². The van der Waals surface area contributed by atoms with Crippen molar-refractivity contribution in [2.75, 3.05) is 6.54 Å². The Kier molecular flexibility index (Phi) is 11.7. The first-order chi connectivity index (χ1) is 16.9. The maximum atomic E-state index is 12.5. The quantitative estimate of drug-likeness (QED) is 0.123. The fraction of sp³-hybridized carbons (Fsp3) is 0.333. The van der Waals surface area contributed by atoms with Gasteiger partial charge < -0.3 is 31.9 Å². The van der Waals surface area contributed by atoms with Gasteiger partial charge in [-0.05, 0) is 30.5 Å². The highest BCUT2D eigenvalue weighted by Gasteiger charge is 2.26. The van der Waals surface area contributed by atoms with Gasteiger partial charge in [0.25, 0.3) is 5.91 Å². The molecule has 0 aromatic heterocycles. The van der Waals surface area contributed by atoms with Crippen molar-refractivity contribution in [3.8, 4) is 0 Å². The van der Waals surface area contributed by atoms with Crippen molar-refractivity contribution in [1.29, 1.82) is 0 Å². The minimum Gasteiger partial charge on any atom is -0.481 e. The highest BCUT2D eigenvalue weighted by Crippen LogP contribution is 2.07. The molecule has 1 aromatic rings. The third-order valence-corrected chi connectivity index (χ3v) is 4.58. The molecular formula is C21H25N5O10. The molecule has 0 bridgehead atoms. The van der Waals surface area contributed by atoms with Crippen molar-refractivity contribution in [2.24, 2.45) is 5.73 Å². The summed E-state index contributed by atoms with van der Waals surface area (Å²) < 4.78 is 0. The Morgan fingerprint density at radius 2 is 1.50 bits per heavy atom. The molecule has 36 heavy (non-hydrogen) atoms. The number of hydrogen-bond acceptors (Lipinski definition) is 8. The van der Waals surface area contributed by atoms with Crippen LogP contribution in [-0.4, -0.2) is 69.3 Å². The predicted molar refractivity (Wildman–Crippen MR) is 122 cm³/mol. The van der Waals surface area contributed by atoms with E-state index in [9.17, 15) is 38.9 Å². The number of nitrogens with two attached hydrogens (primary N) is 1. The van der Waals surface area contributed by atoms with Crippen LogP contribution >= 0.6 is 0 Å². The molecule has 0 spiro atoms. The van der Waals surface area contributed by atoms with Crippen molar-refractivity contribution < 1.29 is 43.9 Å². The molecule has 2 atom stereocenters. The molecule has 1 rings (SSSR count). The van der Waals surface area contributed by atoms with Crippen molar-refractivity contribution in [2.45, 2.75) is 37.8 Å². The SMILES string of the molecule is NC(=O)[C@H](CCC(=O)O)NC(=O)[C@H](CCC(=O)O)NC(=O)CNC(=O)c1ccc(/C=C/[N+](=O)[O-])cc1. The zero-order valence-corrected chi connectivity index (χ0v) is 18.8. The summed E-state index contributed by atoms with van der Waals surface area (Å²) in [5.74, 6) is -5.97. The Morgan fingerprint density at radius 3 is 2.00 bits per heavy atom. The Labute approximate surface area is 203 Å². The summed E-state index contributed by atoms with van der Waals surface area (Å²) in [4.78, 5) is 79.9. The molecule has 0 saturated carbocycles. The van der Waals surface area contributed by atoms with Gasteiger partial charge in [0, 0.05) is 24.5 Å². The number of benzene rings is 1. The summed E-state index contributed by atoms with van der Waals surface area (Å²) in [7, 11) is 0. The first-order valence-electron chi connectivity index (χ1n) is 10.4. The van der Waals surface area contributed by atoms with Crippen LogP contribution in [-0.2, 0) is 24.0 Å². The van der Waals surface area contributed by atoms with Gasteiger partial charge in [0.05, 0.1) is 11.5 Å². The molecule has 0 unspecified atom stereocenters. The molecule has 194 valence electrons. The van der Waals surface area contributed by atoms with Crippen molar-refractivity contribution in [3.63, 3.8) is 0 Å². The fourth-order valence-corrected chi connectivity index (χ4v) is 2.76. The number of nitro groups is 1. The van der Waals surface area contributed by atoms with Crippen molar-refractivity contribution in [3.05, 3.63) is 51.7 Å². The summed E-state index contributed by atoms with van der Waals surface area (Å²) >= 11 is 0. The number of carboxylic acid groups (broad SMARTS) is 2.